The molecule has 1 aromatic rings. The van der Waals surface area contributed by atoms with E-state index < -0.39 is 23.6 Å². The van der Waals surface area contributed by atoms with Gasteiger partial charge in [-0.25, -0.2) is 13.6 Å². The minimum absolute atomic E-state index is 0.125. The molecular weight excluding hydrogens is 310 g/mol. The molecule has 1 atom stereocenters. The molecule has 2 N–H and O–H groups in total. The number of hydrogen-bond donors (Lipinski definition) is 2. The highest BCUT2D eigenvalue weighted by Crippen LogP contribution is 2.29. The number of benzene rings is 1. The van der Waals surface area contributed by atoms with Crippen LogP contribution in [0.25, 0.3) is 0 Å². The highest BCUT2D eigenvalue weighted by atomic mass is 32.1. The number of ether oxygens (including phenoxy) is 1. The summed E-state index contributed by atoms with van der Waals surface area (Å²) < 4.78 is 32.4. The van der Waals surface area contributed by atoms with Gasteiger partial charge in [-0.3, -0.25) is 0 Å². The predicted molar refractivity (Wildman–Crippen MR) is 81.9 cm³/mol. The van der Waals surface area contributed by atoms with Crippen molar-refractivity contribution < 1.29 is 18.3 Å². The molecule has 0 amide bonds. The number of rotatable bonds is 3. The van der Waals surface area contributed by atoms with Crippen molar-refractivity contribution in [3.8, 4) is 0 Å². The summed E-state index contributed by atoms with van der Waals surface area (Å²) in [4.78, 5) is 12.3. The highest BCUT2D eigenvalue weighted by molar-refractivity contribution is 7.80. The molecule has 0 saturated carbocycles. The second-order valence-electron chi connectivity index (χ2n) is 5.19. The summed E-state index contributed by atoms with van der Waals surface area (Å²) in [6.07, 6.45) is -0.319. The molecular formula is C15H16F2N2O2S. The Labute approximate surface area is 132 Å². The summed E-state index contributed by atoms with van der Waals surface area (Å²) in [6.45, 7) is 5.09. The fourth-order valence-corrected chi connectivity index (χ4v) is 2.48. The Kier molecular flexibility index (Phi) is 4.75. The van der Waals surface area contributed by atoms with Crippen LogP contribution in [0.3, 0.4) is 0 Å². The standard InChI is InChI=1S/C15H16F2N2O2S/c1-7(2)21-14(20)12-8(3)18-15(22)19-13(12)10-5-4-9(16)6-11(10)17/h4-7,13H,1-3H3,(H2,18,19,22)/t13-/m1/s1. The van der Waals surface area contributed by atoms with Gasteiger partial charge in [-0.05, 0) is 39.1 Å². The van der Waals surface area contributed by atoms with Crippen LogP contribution in [0.2, 0.25) is 0 Å². The zero-order valence-electron chi connectivity index (χ0n) is 12.4. The van der Waals surface area contributed by atoms with Crippen LogP contribution in [0, 0.1) is 11.6 Å². The maximum Gasteiger partial charge on any atom is 0.338 e. The molecule has 118 valence electrons. The van der Waals surface area contributed by atoms with E-state index in [2.05, 4.69) is 10.6 Å². The fourth-order valence-electron chi connectivity index (χ4n) is 2.21. The summed E-state index contributed by atoms with van der Waals surface area (Å²) in [7, 11) is 0. The van der Waals surface area contributed by atoms with Crippen LogP contribution in [-0.4, -0.2) is 17.2 Å². The van der Waals surface area contributed by atoms with E-state index in [1.165, 1.54) is 6.07 Å². The molecule has 0 aliphatic carbocycles. The quantitative estimate of drug-likeness (QED) is 0.661. The Balaban J connectivity index is 2.48. The number of carbonyl (C=O) groups excluding carboxylic acids is 1. The molecule has 0 unspecified atom stereocenters. The van der Waals surface area contributed by atoms with E-state index in [1.807, 2.05) is 0 Å². The Morgan fingerprint density at radius 1 is 1.36 bits per heavy atom. The number of esters is 1. The lowest BCUT2D eigenvalue weighted by molar-refractivity contribution is -0.143. The lowest BCUT2D eigenvalue weighted by Crippen LogP contribution is -2.45. The van der Waals surface area contributed by atoms with Crippen LogP contribution in [0.1, 0.15) is 32.4 Å². The normalized spacial score (nSPS) is 18.1. The third-order valence-electron chi connectivity index (χ3n) is 3.11. The molecule has 0 fully saturated rings. The van der Waals surface area contributed by atoms with Crippen molar-refractivity contribution in [2.24, 2.45) is 0 Å². The second kappa shape index (κ2) is 6.39. The van der Waals surface area contributed by atoms with Crippen molar-refractivity contribution in [1.82, 2.24) is 10.6 Å². The van der Waals surface area contributed by atoms with Crippen LogP contribution in [0.5, 0.6) is 0 Å². The number of nitrogens with one attached hydrogen (secondary N) is 2. The first kappa shape index (κ1) is 16.4. The van der Waals surface area contributed by atoms with Crippen LogP contribution in [0.15, 0.2) is 29.5 Å². The van der Waals surface area contributed by atoms with Crippen molar-refractivity contribution in [1.29, 1.82) is 0 Å². The van der Waals surface area contributed by atoms with Gasteiger partial charge in [0.2, 0.25) is 0 Å². The van der Waals surface area contributed by atoms with Crippen LogP contribution in [-0.2, 0) is 9.53 Å². The van der Waals surface area contributed by atoms with Crippen molar-refractivity contribution in [3.63, 3.8) is 0 Å². The minimum Gasteiger partial charge on any atom is -0.459 e. The molecule has 0 radical (unpaired) electrons. The molecule has 2 rings (SSSR count). The Hall–Kier alpha value is -2.02. The maximum absolute atomic E-state index is 14.1. The van der Waals surface area contributed by atoms with E-state index in [4.69, 9.17) is 17.0 Å². The number of hydrogen-bond acceptors (Lipinski definition) is 3. The van der Waals surface area contributed by atoms with Gasteiger partial charge in [0.1, 0.15) is 11.6 Å². The SMILES string of the molecule is CC1=C(C(=O)OC(C)C)[C@@H](c2ccc(F)cc2F)NC(=S)N1. The summed E-state index contributed by atoms with van der Waals surface area (Å²) in [6, 6.07) is 2.35. The predicted octanol–water partition coefficient (Wildman–Crippen LogP) is 2.71. The van der Waals surface area contributed by atoms with Crippen LogP contribution in [0.4, 0.5) is 8.78 Å². The molecule has 1 aliphatic heterocycles. The Bertz CT molecular complexity index is 659. The van der Waals surface area contributed by atoms with E-state index in [0.29, 0.717) is 5.70 Å². The van der Waals surface area contributed by atoms with E-state index in [0.717, 1.165) is 12.1 Å². The van der Waals surface area contributed by atoms with E-state index in [9.17, 15) is 13.6 Å². The Morgan fingerprint density at radius 2 is 2.05 bits per heavy atom. The van der Waals surface area contributed by atoms with Crippen molar-refractivity contribution in [2.75, 3.05) is 0 Å². The van der Waals surface area contributed by atoms with Gasteiger partial charge in [0.05, 0.1) is 17.7 Å². The van der Waals surface area contributed by atoms with E-state index >= 15 is 0 Å². The molecule has 0 spiro atoms. The molecule has 0 saturated heterocycles. The van der Waals surface area contributed by atoms with Gasteiger partial charge in [-0.2, -0.15) is 0 Å². The number of halogens is 2. The average molecular weight is 326 g/mol. The van der Waals surface area contributed by atoms with Crippen molar-refractivity contribution in [2.45, 2.75) is 32.9 Å². The van der Waals surface area contributed by atoms with Gasteiger partial charge in [0.15, 0.2) is 5.11 Å². The first-order valence-electron chi connectivity index (χ1n) is 6.73. The molecule has 1 aliphatic rings. The fraction of sp³-hybridized carbons (Fsp3) is 0.333. The minimum atomic E-state index is -0.833. The second-order valence-corrected chi connectivity index (χ2v) is 5.60. The third-order valence-corrected chi connectivity index (χ3v) is 3.33. The lowest BCUT2D eigenvalue weighted by atomic mass is 9.95. The average Bonchev–Trinajstić information content (AvgIpc) is 2.36. The highest BCUT2D eigenvalue weighted by Gasteiger charge is 2.33. The molecule has 0 aromatic heterocycles. The van der Waals surface area contributed by atoms with E-state index in [-0.39, 0.29) is 22.4 Å². The molecule has 1 heterocycles. The summed E-state index contributed by atoms with van der Waals surface area (Å²) in [5, 5.41) is 5.90. The van der Waals surface area contributed by atoms with Gasteiger partial charge in [-0.15, -0.1) is 0 Å². The third kappa shape index (κ3) is 3.41. The summed E-state index contributed by atoms with van der Waals surface area (Å²) in [5.41, 5.74) is 0.816. The van der Waals surface area contributed by atoms with Crippen molar-refractivity contribution in [3.05, 3.63) is 46.7 Å². The summed E-state index contributed by atoms with van der Waals surface area (Å²) >= 11 is 5.05. The monoisotopic (exact) mass is 326 g/mol. The number of carbonyl (C=O) groups is 1. The van der Waals surface area contributed by atoms with E-state index in [1.54, 1.807) is 20.8 Å². The molecule has 0 bridgehead atoms. The largest absolute Gasteiger partial charge is 0.459 e. The van der Waals surface area contributed by atoms with Crippen LogP contribution < -0.4 is 10.6 Å². The maximum atomic E-state index is 14.1. The molecule has 4 nitrogen and oxygen atoms in total. The first-order chi connectivity index (χ1) is 10.3. The lowest BCUT2D eigenvalue weighted by Gasteiger charge is -2.30. The smallest absolute Gasteiger partial charge is 0.338 e. The van der Waals surface area contributed by atoms with Gasteiger partial charge in [-0.1, -0.05) is 6.07 Å². The number of allylic oxidation sites excluding steroid dienone is 1. The zero-order valence-corrected chi connectivity index (χ0v) is 13.2. The van der Waals surface area contributed by atoms with Gasteiger partial charge in [0.25, 0.3) is 0 Å². The molecule has 7 heteroatoms. The van der Waals surface area contributed by atoms with Gasteiger partial charge in [0, 0.05) is 17.3 Å². The number of thiocarbonyl (C=S) groups is 1. The Morgan fingerprint density at radius 3 is 2.64 bits per heavy atom. The zero-order chi connectivity index (χ0) is 16.4. The molecule has 22 heavy (non-hydrogen) atoms. The molecule has 1 aromatic carbocycles. The topological polar surface area (TPSA) is 50.4 Å². The van der Waals surface area contributed by atoms with Crippen molar-refractivity contribution >= 4 is 23.3 Å². The summed E-state index contributed by atoms with van der Waals surface area (Å²) in [5.74, 6) is -2.03. The van der Waals surface area contributed by atoms with Gasteiger partial charge >= 0.3 is 5.97 Å². The van der Waals surface area contributed by atoms with Crippen LogP contribution >= 0.6 is 12.2 Å². The van der Waals surface area contributed by atoms with Gasteiger partial charge < -0.3 is 15.4 Å². The first-order valence-corrected chi connectivity index (χ1v) is 7.14.